The molecule has 1 fully saturated rings. The third-order valence-electron chi connectivity index (χ3n) is 6.55. The van der Waals surface area contributed by atoms with Crippen LogP contribution in [-0.2, 0) is 21.1 Å². The van der Waals surface area contributed by atoms with Crippen molar-refractivity contribution in [2.24, 2.45) is 4.36 Å². The summed E-state index contributed by atoms with van der Waals surface area (Å²) in [4.78, 5) is 21.5. The summed E-state index contributed by atoms with van der Waals surface area (Å²) >= 11 is 0. The van der Waals surface area contributed by atoms with Crippen molar-refractivity contribution in [3.63, 3.8) is 0 Å². The highest BCUT2D eigenvalue weighted by molar-refractivity contribution is 7.93. The maximum atomic E-state index is 14.2. The Kier molecular flexibility index (Phi) is 7.74. The molecule has 0 bridgehead atoms. The number of aromatic nitrogens is 2. The number of carbonyl (C=O) groups is 1. The van der Waals surface area contributed by atoms with Gasteiger partial charge in [-0.05, 0) is 62.1 Å². The van der Waals surface area contributed by atoms with E-state index in [9.17, 15) is 13.4 Å². The largest absolute Gasteiger partial charge is 0.479 e. The molecule has 0 spiro atoms. The van der Waals surface area contributed by atoms with Crippen molar-refractivity contribution in [3.05, 3.63) is 83.9 Å². The van der Waals surface area contributed by atoms with E-state index in [1.54, 1.807) is 13.0 Å². The second-order valence-corrected chi connectivity index (χ2v) is 12.1. The van der Waals surface area contributed by atoms with Crippen molar-refractivity contribution < 1.29 is 18.1 Å². The Morgan fingerprint density at radius 3 is 2.64 bits per heavy atom. The molecule has 39 heavy (non-hydrogen) atoms. The number of ether oxygens (including phenoxy) is 1. The van der Waals surface area contributed by atoms with Crippen LogP contribution in [0.2, 0.25) is 0 Å². The van der Waals surface area contributed by atoms with Crippen LogP contribution in [0.5, 0.6) is 5.75 Å². The van der Waals surface area contributed by atoms with Crippen LogP contribution in [0.4, 0.5) is 21.6 Å². The monoisotopic (exact) mass is 547 g/mol. The maximum absolute atomic E-state index is 14.2. The molecule has 1 aliphatic heterocycles. The van der Waals surface area contributed by atoms with E-state index >= 15 is 0 Å². The Morgan fingerprint density at radius 1 is 1.10 bits per heavy atom. The van der Waals surface area contributed by atoms with Gasteiger partial charge in [-0.1, -0.05) is 30.3 Å². The first-order valence-electron chi connectivity index (χ1n) is 12.8. The van der Waals surface area contributed by atoms with Gasteiger partial charge in [-0.3, -0.25) is 4.79 Å². The molecule has 1 aromatic heterocycles. The van der Waals surface area contributed by atoms with Gasteiger partial charge in [-0.25, -0.2) is 18.6 Å². The number of rotatable bonds is 8. The van der Waals surface area contributed by atoms with Crippen LogP contribution in [0.3, 0.4) is 0 Å². The molecule has 0 radical (unpaired) electrons. The molecule has 2 N–H and O–H groups in total. The van der Waals surface area contributed by atoms with Crippen molar-refractivity contribution in [2.75, 3.05) is 16.8 Å². The lowest BCUT2D eigenvalue weighted by Crippen LogP contribution is -2.36. The first kappa shape index (κ1) is 26.6. The van der Waals surface area contributed by atoms with Crippen LogP contribution in [0.15, 0.2) is 71.4 Å². The van der Waals surface area contributed by atoms with Crippen molar-refractivity contribution in [1.82, 2.24) is 15.3 Å². The molecule has 3 aromatic carbocycles. The minimum atomic E-state index is -2.22. The number of hydrogen-bond acceptors (Lipinski definition) is 7. The molecule has 10 heteroatoms. The van der Waals surface area contributed by atoms with E-state index < -0.39 is 21.7 Å². The van der Waals surface area contributed by atoms with Crippen LogP contribution >= 0.6 is 0 Å². The fourth-order valence-corrected chi connectivity index (χ4v) is 6.75. The standard InChI is InChI=1S/C29H30FN5O3S/c1-19-14-23(35-39(37)12-6-7-13-39)16-25-27(19)28(33-18-32-25)34-24-11-10-22(30)15-26(24)38-20(2)29(36)31-17-21-8-4-3-5-9-21/h3-5,8-11,14-16,18,20H,6-7,12-13,17H2,1-2H3,(H,31,36)(H,32,33,34)/t20-/m1/s1. The highest BCUT2D eigenvalue weighted by Crippen LogP contribution is 2.34. The Labute approximate surface area is 227 Å². The summed E-state index contributed by atoms with van der Waals surface area (Å²) in [5, 5.41) is 6.82. The molecule has 1 amide bonds. The fourth-order valence-electron chi connectivity index (χ4n) is 4.56. The quantitative estimate of drug-likeness (QED) is 0.289. The summed E-state index contributed by atoms with van der Waals surface area (Å²) < 4.78 is 37.6. The first-order chi connectivity index (χ1) is 18.8. The zero-order valence-electron chi connectivity index (χ0n) is 21.8. The van der Waals surface area contributed by atoms with E-state index in [1.165, 1.54) is 24.5 Å². The highest BCUT2D eigenvalue weighted by Gasteiger charge is 2.19. The molecule has 0 saturated carbocycles. The van der Waals surface area contributed by atoms with Crippen LogP contribution in [0.25, 0.3) is 10.9 Å². The van der Waals surface area contributed by atoms with Gasteiger partial charge >= 0.3 is 0 Å². The first-order valence-corrected chi connectivity index (χ1v) is 14.7. The van der Waals surface area contributed by atoms with Crippen LogP contribution in [0, 0.1) is 12.7 Å². The molecule has 4 aromatic rings. The number of anilines is 2. The summed E-state index contributed by atoms with van der Waals surface area (Å²) in [5.74, 6) is 1.09. The van der Waals surface area contributed by atoms with E-state index in [4.69, 9.17) is 4.74 Å². The van der Waals surface area contributed by atoms with Gasteiger partial charge < -0.3 is 15.4 Å². The molecular formula is C29H30FN5O3S. The Balaban J connectivity index is 1.38. The average molecular weight is 548 g/mol. The summed E-state index contributed by atoms with van der Waals surface area (Å²) in [7, 11) is -2.22. The summed E-state index contributed by atoms with van der Waals surface area (Å²) in [6, 6.07) is 17.3. The molecule has 8 nitrogen and oxygen atoms in total. The second-order valence-electron chi connectivity index (χ2n) is 9.59. The maximum Gasteiger partial charge on any atom is 0.261 e. The number of nitrogens with zero attached hydrogens (tertiary/aromatic N) is 3. The van der Waals surface area contributed by atoms with Gasteiger partial charge in [0, 0.05) is 29.5 Å². The lowest BCUT2D eigenvalue weighted by Gasteiger charge is -2.19. The molecule has 2 heterocycles. The summed E-state index contributed by atoms with van der Waals surface area (Å²) in [5.41, 5.74) is 3.54. The molecule has 1 atom stereocenters. The third kappa shape index (κ3) is 6.34. The normalized spacial score (nSPS) is 15.1. The van der Waals surface area contributed by atoms with Crippen molar-refractivity contribution >= 4 is 43.7 Å². The Morgan fingerprint density at radius 2 is 1.87 bits per heavy atom. The smallest absolute Gasteiger partial charge is 0.261 e. The second kappa shape index (κ2) is 11.4. The van der Waals surface area contributed by atoms with Gasteiger partial charge in [0.1, 0.15) is 23.7 Å². The minimum absolute atomic E-state index is 0.173. The molecular weight excluding hydrogens is 517 g/mol. The molecule has 202 valence electrons. The number of nitrogens with one attached hydrogen (secondary N) is 2. The zero-order chi connectivity index (χ0) is 27.4. The van der Waals surface area contributed by atoms with E-state index in [-0.39, 0.29) is 11.7 Å². The average Bonchev–Trinajstić information content (AvgIpc) is 3.34. The predicted molar refractivity (Wildman–Crippen MR) is 152 cm³/mol. The number of aryl methyl sites for hydroxylation is 1. The predicted octanol–water partition coefficient (Wildman–Crippen LogP) is 5.80. The molecule has 0 unspecified atom stereocenters. The number of halogens is 1. The Hall–Kier alpha value is -4.05. The van der Waals surface area contributed by atoms with Crippen molar-refractivity contribution in [3.8, 4) is 5.75 Å². The topological polar surface area (TPSA) is 106 Å². The molecule has 1 aliphatic rings. The van der Waals surface area contributed by atoms with Crippen molar-refractivity contribution in [2.45, 2.75) is 39.3 Å². The number of carbonyl (C=O) groups excluding carboxylic acids is 1. The van der Waals surface area contributed by atoms with E-state index in [1.807, 2.05) is 43.3 Å². The van der Waals surface area contributed by atoms with Gasteiger partial charge in [0.05, 0.1) is 26.6 Å². The van der Waals surface area contributed by atoms with Crippen LogP contribution < -0.4 is 15.4 Å². The van der Waals surface area contributed by atoms with E-state index in [0.29, 0.717) is 40.8 Å². The van der Waals surface area contributed by atoms with E-state index in [0.717, 1.165) is 29.4 Å². The van der Waals surface area contributed by atoms with Gasteiger partial charge in [0.15, 0.2) is 6.10 Å². The highest BCUT2D eigenvalue weighted by atomic mass is 32.2. The lowest BCUT2D eigenvalue weighted by atomic mass is 10.1. The van der Waals surface area contributed by atoms with E-state index in [2.05, 4.69) is 25.0 Å². The van der Waals surface area contributed by atoms with Crippen LogP contribution in [0.1, 0.15) is 30.9 Å². The molecule has 1 saturated heterocycles. The Bertz CT molecular complexity index is 1630. The summed E-state index contributed by atoms with van der Waals surface area (Å²) in [6.45, 7) is 3.88. The van der Waals surface area contributed by atoms with Crippen molar-refractivity contribution in [1.29, 1.82) is 0 Å². The number of hydrogen-bond donors (Lipinski definition) is 2. The lowest BCUT2D eigenvalue weighted by molar-refractivity contribution is -0.127. The number of benzene rings is 3. The third-order valence-corrected chi connectivity index (χ3v) is 8.94. The SMILES string of the molecule is Cc1cc(N=S2(=O)CCCC2)cc2ncnc(Nc3ccc(F)cc3O[C@H](C)C(=O)NCc3ccccc3)c12. The van der Waals surface area contributed by atoms with Gasteiger partial charge in [-0.2, -0.15) is 4.36 Å². The molecule has 5 rings (SSSR count). The fraction of sp³-hybridized carbons (Fsp3) is 0.276. The zero-order valence-corrected chi connectivity index (χ0v) is 22.6. The van der Waals surface area contributed by atoms with Gasteiger partial charge in [-0.15, -0.1) is 0 Å². The van der Waals surface area contributed by atoms with Gasteiger partial charge in [0.2, 0.25) is 0 Å². The molecule has 0 aliphatic carbocycles. The number of fused-ring (bicyclic) bond motifs is 1. The number of amides is 1. The van der Waals surface area contributed by atoms with Gasteiger partial charge in [0.25, 0.3) is 5.91 Å². The minimum Gasteiger partial charge on any atom is -0.479 e. The summed E-state index contributed by atoms with van der Waals surface area (Å²) in [6.07, 6.45) is 2.41. The van der Waals surface area contributed by atoms with Crippen LogP contribution in [-0.4, -0.2) is 37.7 Å².